The zero-order valence-corrected chi connectivity index (χ0v) is 15.9. The molecule has 1 aromatic heterocycles. The summed E-state index contributed by atoms with van der Waals surface area (Å²) in [5, 5.41) is 12.4. The molecule has 0 aliphatic heterocycles. The van der Waals surface area contributed by atoms with Gasteiger partial charge in [-0.1, -0.05) is 54.7 Å². The van der Waals surface area contributed by atoms with Gasteiger partial charge in [-0.15, -0.1) is 22.0 Å². The lowest BCUT2D eigenvalue weighted by Crippen LogP contribution is -2.32. The van der Waals surface area contributed by atoms with Crippen LogP contribution >= 0.6 is 23.1 Å². The smallest absolute Gasteiger partial charge is 0.267 e. The largest absolute Gasteiger partial charge is 0.481 e. The van der Waals surface area contributed by atoms with Crippen LogP contribution in [-0.4, -0.2) is 22.2 Å². The first-order chi connectivity index (χ1) is 12.7. The van der Waals surface area contributed by atoms with Crippen LogP contribution in [0.1, 0.15) is 18.4 Å². The molecular weight excluding hydrogens is 366 g/mol. The number of rotatable bonds is 8. The first kappa shape index (κ1) is 18.4. The summed E-state index contributed by atoms with van der Waals surface area (Å²) in [7, 11) is 0. The monoisotopic (exact) mass is 385 g/mol. The lowest BCUT2D eigenvalue weighted by Gasteiger charge is -2.16. The molecule has 0 radical (unpaired) electrons. The van der Waals surface area contributed by atoms with E-state index in [0.717, 1.165) is 10.8 Å². The highest BCUT2D eigenvalue weighted by Gasteiger charge is 2.20. The lowest BCUT2D eigenvalue weighted by molar-refractivity contribution is -0.122. The molecule has 0 saturated heterocycles. The molecular formula is C19H19N3O2S2. The summed E-state index contributed by atoms with van der Waals surface area (Å²) in [5.74, 6) is 1.18. The third kappa shape index (κ3) is 5.31. The average molecular weight is 386 g/mol. The molecule has 1 amide bonds. The lowest BCUT2D eigenvalue weighted by atomic mass is 10.2. The van der Waals surface area contributed by atoms with Gasteiger partial charge in [-0.05, 0) is 30.7 Å². The van der Waals surface area contributed by atoms with E-state index in [0.29, 0.717) is 17.3 Å². The number of hydrogen-bond donors (Lipinski definition) is 1. The number of para-hydroxylation sites is 1. The van der Waals surface area contributed by atoms with E-state index in [9.17, 15) is 4.79 Å². The van der Waals surface area contributed by atoms with Crippen molar-refractivity contribution in [1.82, 2.24) is 10.2 Å². The van der Waals surface area contributed by atoms with Crippen molar-refractivity contribution in [1.29, 1.82) is 0 Å². The van der Waals surface area contributed by atoms with Gasteiger partial charge >= 0.3 is 0 Å². The van der Waals surface area contributed by atoms with Crippen LogP contribution in [0.5, 0.6) is 5.75 Å². The van der Waals surface area contributed by atoms with Crippen LogP contribution < -0.4 is 10.1 Å². The average Bonchev–Trinajstić information content (AvgIpc) is 3.13. The van der Waals surface area contributed by atoms with E-state index in [1.54, 1.807) is 11.8 Å². The number of anilines is 1. The minimum absolute atomic E-state index is 0.213. The molecule has 0 aliphatic carbocycles. The van der Waals surface area contributed by atoms with Crippen molar-refractivity contribution < 1.29 is 9.53 Å². The Hall–Kier alpha value is -2.38. The van der Waals surface area contributed by atoms with E-state index in [1.165, 1.54) is 16.2 Å². The fraction of sp³-hybridized carbons (Fsp3) is 0.211. The van der Waals surface area contributed by atoms with Gasteiger partial charge in [-0.3, -0.25) is 10.1 Å². The van der Waals surface area contributed by atoms with Crippen molar-refractivity contribution in [3.05, 3.63) is 65.7 Å². The van der Waals surface area contributed by atoms with Gasteiger partial charge in [0.15, 0.2) is 6.10 Å². The molecule has 0 bridgehead atoms. The summed E-state index contributed by atoms with van der Waals surface area (Å²) < 4.78 is 5.75. The first-order valence-electron chi connectivity index (χ1n) is 8.27. The summed E-state index contributed by atoms with van der Waals surface area (Å²) in [6.45, 7) is 1.91. The Labute approximate surface area is 160 Å². The van der Waals surface area contributed by atoms with E-state index in [4.69, 9.17) is 4.74 Å². The van der Waals surface area contributed by atoms with Crippen molar-refractivity contribution in [2.75, 3.05) is 5.32 Å². The van der Waals surface area contributed by atoms with Gasteiger partial charge in [0.25, 0.3) is 5.91 Å². The first-order valence-corrected chi connectivity index (χ1v) is 10.1. The van der Waals surface area contributed by atoms with E-state index in [1.807, 2.05) is 55.5 Å². The number of ether oxygens (including phenoxy) is 1. The van der Waals surface area contributed by atoms with E-state index in [2.05, 4.69) is 27.6 Å². The van der Waals surface area contributed by atoms with Crippen LogP contribution in [0.4, 0.5) is 5.13 Å². The van der Waals surface area contributed by atoms with Gasteiger partial charge in [0.05, 0.1) is 5.75 Å². The van der Waals surface area contributed by atoms with Crippen molar-refractivity contribution in [2.45, 2.75) is 30.1 Å². The molecule has 0 aliphatic rings. The van der Waals surface area contributed by atoms with Gasteiger partial charge in [-0.2, -0.15) is 0 Å². The second kappa shape index (κ2) is 9.35. The minimum atomic E-state index is -0.566. The molecule has 1 atom stereocenters. The van der Waals surface area contributed by atoms with Gasteiger partial charge in [0.2, 0.25) is 5.13 Å². The minimum Gasteiger partial charge on any atom is -0.481 e. The van der Waals surface area contributed by atoms with Crippen LogP contribution in [0.3, 0.4) is 0 Å². The summed E-state index contributed by atoms with van der Waals surface area (Å²) in [5.41, 5.74) is 0. The number of carbonyl (C=O) groups excluding carboxylic acids is 1. The fourth-order valence-electron chi connectivity index (χ4n) is 2.20. The van der Waals surface area contributed by atoms with Crippen molar-refractivity contribution >= 4 is 34.1 Å². The van der Waals surface area contributed by atoms with Gasteiger partial charge in [-0.25, -0.2) is 0 Å². The molecule has 26 heavy (non-hydrogen) atoms. The maximum Gasteiger partial charge on any atom is 0.267 e. The second-order valence-electron chi connectivity index (χ2n) is 5.42. The number of aromatic nitrogens is 2. The SMILES string of the molecule is CCC(Oc1ccccc1)C(=O)Nc1nnc(CSc2ccccc2)s1. The maximum atomic E-state index is 12.4. The third-order valence-electron chi connectivity index (χ3n) is 3.49. The number of nitrogens with one attached hydrogen (secondary N) is 1. The highest BCUT2D eigenvalue weighted by Crippen LogP contribution is 2.26. The number of nitrogens with zero attached hydrogens (tertiary/aromatic N) is 2. The molecule has 0 saturated carbocycles. The predicted molar refractivity (Wildman–Crippen MR) is 106 cm³/mol. The molecule has 134 valence electrons. The maximum absolute atomic E-state index is 12.4. The molecule has 2 aromatic carbocycles. The van der Waals surface area contributed by atoms with Crippen molar-refractivity contribution in [2.24, 2.45) is 0 Å². The van der Waals surface area contributed by atoms with E-state index < -0.39 is 6.10 Å². The van der Waals surface area contributed by atoms with Crippen molar-refractivity contribution in [3.63, 3.8) is 0 Å². The molecule has 3 rings (SSSR count). The van der Waals surface area contributed by atoms with Gasteiger partial charge in [0, 0.05) is 4.90 Å². The Morgan fingerprint density at radius 2 is 1.81 bits per heavy atom. The molecule has 3 aromatic rings. The number of thioether (sulfide) groups is 1. The summed E-state index contributed by atoms with van der Waals surface area (Å²) >= 11 is 3.07. The molecule has 5 nitrogen and oxygen atoms in total. The molecule has 1 unspecified atom stereocenters. The van der Waals surface area contributed by atoms with Crippen LogP contribution in [0.2, 0.25) is 0 Å². The Balaban J connectivity index is 1.54. The Morgan fingerprint density at radius 3 is 2.50 bits per heavy atom. The Morgan fingerprint density at radius 1 is 1.12 bits per heavy atom. The summed E-state index contributed by atoms with van der Waals surface area (Å²) in [6.07, 6.45) is -0.000534. The predicted octanol–water partition coefficient (Wildman–Crippen LogP) is 4.63. The van der Waals surface area contributed by atoms with E-state index >= 15 is 0 Å². The molecule has 7 heteroatoms. The zero-order chi connectivity index (χ0) is 18.2. The van der Waals surface area contributed by atoms with Gasteiger partial charge < -0.3 is 4.74 Å². The molecule has 1 N–H and O–H groups in total. The van der Waals surface area contributed by atoms with E-state index in [-0.39, 0.29) is 5.91 Å². The topological polar surface area (TPSA) is 64.1 Å². The second-order valence-corrected chi connectivity index (χ2v) is 7.53. The Bertz CT molecular complexity index is 825. The molecule has 0 fully saturated rings. The fourth-order valence-corrected chi connectivity index (χ4v) is 3.84. The molecule has 1 heterocycles. The van der Waals surface area contributed by atoms with Gasteiger partial charge in [0.1, 0.15) is 10.8 Å². The van der Waals surface area contributed by atoms with Crippen LogP contribution in [0, 0.1) is 0 Å². The van der Waals surface area contributed by atoms with Crippen molar-refractivity contribution in [3.8, 4) is 5.75 Å². The highest BCUT2D eigenvalue weighted by atomic mass is 32.2. The standard InChI is InChI=1S/C19H19N3O2S2/c1-2-16(24-14-9-5-3-6-10-14)18(23)20-19-22-21-17(26-19)13-25-15-11-7-4-8-12-15/h3-12,16H,2,13H2,1H3,(H,20,22,23). The van der Waals surface area contributed by atoms with Crippen LogP contribution in [0.15, 0.2) is 65.6 Å². The Kier molecular flexibility index (Phi) is 6.62. The van der Waals surface area contributed by atoms with Crippen LogP contribution in [-0.2, 0) is 10.5 Å². The number of benzene rings is 2. The normalized spacial score (nSPS) is 11.7. The summed E-state index contributed by atoms with van der Waals surface area (Å²) in [4.78, 5) is 13.6. The number of carbonyl (C=O) groups is 1. The highest BCUT2D eigenvalue weighted by molar-refractivity contribution is 7.98. The third-order valence-corrected chi connectivity index (χ3v) is 5.53. The van der Waals surface area contributed by atoms with Crippen LogP contribution in [0.25, 0.3) is 0 Å². The summed E-state index contributed by atoms with van der Waals surface area (Å²) in [6, 6.07) is 19.4. The number of amides is 1. The molecule has 0 spiro atoms. The quantitative estimate of drug-likeness (QED) is 0.573. The number of hydrogen-bond acceptors (Lipinski definition) is 6. The zero-order valence-electron chi connectivity index (χ0n) is 14.3.